The van der Waals surface area contributed by atoms with Crippen molar-refractivity contribution in [2.24, 2.45) is 0 Å². The Morgan fingerprint density at radius 3 is 2.67 bits per heavy atom. The maximum absolute atomic E-state index is 11.8. The Morgan fingerprint density at radius 2 is 2.25 bits per heavy atom. The summed E-state index contributed by atoms with van der Waals surface area (Å²) in [5.41, 5.74) is 0. The highest BCUT2D eigenvalue weighted by Gasteiger charge is 2.23. The van der Waals surface area contributed by atoms with E-state index in [0.717, 1.165) is 4.68 Å². The SMILES string of the molecule is COc1cnn(C[B-](F)(F)F)c1. The van der Waals surface area contributed by atoms with E-state index in [9.17, 15) is 12.9 Å². The van der Waals surface area contributed by atoms with Gasteiger partial charge in [0.25, 0.3) is 0 Å². The Labute approximate surface area is 67.2 Å². The number of ether oxygens (including phenoxy) is 1. The molecule has 0 fully saturated rings. The van der Waals surface area contributed by atoms with Crippen molar-refractivity contribution in [1.82, 2.24) is 9.78 Å². The van der Waals surface area contributed by atoms with Crippen LogP contribution in [-0.4, -0.2) is 23.9 Å². The van der Waals surface area contributed by atoms with Crippen LogP contribution in [0.2, 0.25) is 0 Å². The van der Waals surface area contributed by atoms with E-state index in [4.69, 9.17) is 0 Å². The molecule has 0 saturated heterocycles. The fraction of sp³-hybridized carbons (Fsp3) is 0.400. The molecule has 12 heavy (non-hydrogen) atoms. The van der Waals surface area contributed by atoms with E-state index < -0.39 is 13.4 Å². The van der Waals surface area contributed by atoms with Crippen molar-refractivity contribution >= 4 is 6.98 Å². The summed E-state index contributed by atoms with van der Waals surface area (Å²) >= 11 is 0. The van der Waals surface area contributed by atoms with Crippen molar-refractivity contribution in [3.05, 3.63) is 12.4 Å². The molecule has 68 valence electrons. The zero-order valence-corrected chi connectivity index (χ0v) is 6.38. The molecule has 0 atom stereocenters. The van der Waals surface area contributed by atoms with Gasteiger partial charge in [-0.1, -0.05) is 0 Å². The van der Waals surface area contributed by atoms with E-state index in [-0.39, 0.29) is 0 Å². The standard InChI is InChI=1S/C5H7BF3N2O/c1-12-5-2-10-11(3-5)4-6(7,8)9/h2-3H,4H2,1H3/q-1. The first kappa shape index (κ1) is 8.96. The number of rotatable bonds is 3. The maximum atomic E-state index is 11.8. The van der Waals surface area contributed by atoms with Crippen LogP contribution in [0.15, 0.2) is 12.4 Å². The van der Waals surface area contributed by atoms with Crippen molar-refractivity contribution in [2.75, 3.05) is 7.11 Å². The molecule has 0 unspecified atom stereocenters. The first-order chi connectivity index (χ1) is 5.51. The van der Waals surface area contributed by atoms with Crippen LogP contribution >= 0.6 is 0 Å². The Balaban J connectivity index is 2.64. The molecule has 0 aliphatic rings. The zero-order chi connectivity index (χ0) is 9.19. The Hall–Kier alpha value is -1.14. The molecule has 1 rings (SSSR count). The van der Waals surface area contributed by atoms with Crippen LogP contribution in [0.3, 0.4) is 0 Å². The van der Waals surface area contributed by atoms with Gasteiger partial charge in [0.15, 0.2) is 5.75 Å². The summed E-state index contributed by atoms with van der Waals surface area (Å²) in [6.45, 7) is -4.83. The van der Waals surface area contributed by atoms with Crippen LogP contribution < -0.4 is 4.74 Å². The minimum atomic E-state index is -4.83. The van der Waals surface area contributed by atoms with Gasteiger partial charge < -0.3 is 17.7 Å². The second kappa shape index (κ2) is 3.08. The second-order valence-electron chi connectivity index (χ2n) is 2.31. The lowest BCUT2D eigenvalue weighted by Crippen LogP contribution is -2.24. The van der Waals surface area contributed by atoms with Gasteiger partial charge in [-0.15, -0.1) is 0 Å². The van der Waals surface area contributed by atoms with Gasteiger partial charge in [0.2, 0.25) is 0 Å². The molecule has 0 aliphatic carbocycles. The van der Waals surface area contributed by atoms with Crippen molar-refractivity contribution < 1.29 is 17.7 Å². The monoisotopic (exact) mass is 179 g/mol. The zero-order valence-electron chi connectivity index (χ0n) is 6.38. The third-order valence-electron chi connectivity index (χ3n) is 1.24. The summed E-state index contributed by atoms with van der Waals surface area (Å²) in [5, 5.41) is 3.46. The molecule has 0 bridgehead atoms. The number of methoxy groups -OCH3 is 1. The third-order valence-corrected chi connectivity index (χ3v) is 1.24. The lowest BCUT2D eigenvalue weighted by atomic mass is 9.93. The van der Waals surface area contributed by atoms with Crippen LogP contribution in [0.5, 0.6) is 5.75 Å². The van der Waals surface area contributed by atoms with E-state index >= 15 is 0 Å². The fourth-order valence-electron chi connectivity index (χ4n) is 0.762. The fourth-order valence-corrected chi connectivity index (χ4v) is 0.762. The lowest BCUT2D eigenvalue weighted by Gasteiger charge is -2.12. The van der Waals surface area contributed by atoms with Crippen LogP contribution in [0.1, 0.15) is 0 Å². The normalized spacial score (nSPS) is 11.7. The van der Waals surface area contributed by atoms with Crippen molar-refractivity contribution in [3.8, 4) is 5.75 Å². The average Bonchev–Trinajstić information content (AvgIpc) is 2.32. The first-order valence-electron chi connectivity index (χ1n) is 3.29. The maximum Gasteiger partial charge on any atom is 0.499 e. The molecule has 1 heterocycles. The van der Waals surface area contributed by atoms with Gasteiger partial charge in [-0.3, -0.25) is 4.68 Å². The highest BCUT2D eigenvalue weighted by molar-refractivity contribution is 6.57. The van der Waals surface area contributed by atoms with E-state index in [1.807, 2.05) is 0 Å². The molecule has 0 N–H and O–H groups in total. The lowest BCUT2D eigenvalue weighted by molar-refractivity contribution is 0.412. The molecule has 0 radical (unpaired) electrons. The Kier molecular flexibility index (Phi) is 2.30. The molecule has 0 amide bonds. The van der Waals surface area contributed by atoms with Gasteiger partial charge in [0.1, 0.15) is 0 Å². The minimum absolute atomic E-state index is 0.329. The number of nitrogens with zero attached hydrogens (tertiary/aromatic N) is 2. The third kappa shape index (κ3) is 2.48. The van der Waals surface area contributed by atoms with Crippen LogP contribution in [0, 0.1) is 0 Å². The summed E-state index contributed by atoms with van der Waals surface area (Å²) in [7, 11) is 1.38. The predicted molar refractivity (Wildman–Crippen MR) is 37.9 cm³/mol. The first-order valence-corrected chi connectivity index (χ1v) is 3.29. The van der Waals surface area contributed by atoms with E-state index in [0.29, 0.717) is 5.75 Å². The topological polar surface area (TPSA) is 27.1 Å². The molecule has 0 saturated carbocycles. The summed E-state index contributed by atoms with van der Waals surface area (Å²) < 4.78 is 40.9. The van der Waals surface area contributed by atoms with Gasteiger partial charge in [-0.05, 0) is 0 Å². The molecule has 0 aliphatic heterocycles. The largest absolute Gasteiger partial charge is 0.499 e. The van der Waals surface area contributed by atoms with Gasteiger partial charge in [-0.2, -0.15) is 5.10 Å². The van der Waals surface area contributed by atoms with Crippen LogP contribution in [0.25, 0.3) is 0 Å². The predicted octanol–water partition coefficient (Wildman–Crippen LogP) is 1.28. The highest BCUT2D eigenvalue weighted by Crippen LogP contribution is 2.13. The summed E-state index contributed by atoms with van der Waals surface area (Å²) in [4.78, 5) is 0. The number of halogens is 3. The molecule has 0 spiro atoms. The molecular weight excluding hydrogens is 172 g/mol. The molecule has 3 nitrogen and oxygen atoms in total. The van der Waals surface area contributed by atoms with Crippen LogP contribution in [-0.2, 0) is 6.44 Å². The smallest absolute Gasteiger partial charge is 0.493 e. The Bertz CT molecular complexity index is 259. The van der Waals surface area contributed by atoms with Crippen LogP contribution in [0.4, 0.5) is 12.9 Å². The van der Waals surface area contributed by atoms with Crippen molar-refractivity contribution in [1.29, 1.82) is 0 Å². The number of hydrogen-bond acceptors (Lipinski definition) is 2. The van der Waals surface area contributed by atoms with Crippen molar-refractivity contribution in [3.63, 3.8) is 0 Å². The molecule has 1 aromatic heterocycles. The number of aromatic nitrogens is 2. The molecular formula is C5H7BF3N2O-. The van der Waals surface area contributed by atoms with Crippen molar-refractivity contribution in [2.45, 2.75) is 6.44 Å². The quantitative estimate of drug-likeness (QED) is 0.653. The van der Waals surface area contributed by atoms with E-state index in [2.05, 4.69) is 9.84 Å². The average molecular weight is 179 g/mol. The highest BCUT2D eigenvalue weighted by atomic mass is 19.4. The second-order valence-corrected chi connectivity index (χ2v) is 2.31. The van der Waals surface area contributed by atoms with E-state index in [1.54, 1.807) is 0 Å². The van der Waals surface area contributed by atoms with E-state index in [1.165, 1.54) is 19.5 Å². The van der Waals surface area contributed by atoms with Gasteiger partial charge in [0, 0.05) is 6.44 Å². The summed E-state index contributed by atoms with van der Waals surface area (Å²) in [5.74, 6) is 0.329. The van der Waals surface area contributed by atoms with Gasteiger partial charge in [0.05, 0.1) is 19.5 Å². The number of hydrogen-bond donors (Lipinski definition) is 0. The summed E-state index contributed by atoms with van der Waals surface area (Å²) in [6.07, 6.45) is 1.42. The summed E-state index contributed by atoms with van der Waals surface area (Å²) in [6, 6.07) is 0. The molecule has 0 aromatic carbocycles. The molecule has 7 heteroatoms. The Morgan fingerprint density at radius 1 is 1.58 bits per heavy atom. The minimum Gasteiger partial charge on any atom is -0.493 e. The molecule has 1 aromatic rings. The van der Waals surface area contributed by atoms with Gasteiger partial charge >= 0.3 is 6.98 Å². The van der Waals surface area contributed by atoms with Gasteiger partial charge in [-0.25, -0.2) is 0 Å².